The number of imide groups is 2. The second-order valence-corrected chi connectivity index (χ2v) is 7.59. The summed E-state index contributed by atoms with van der Waals surface area (Å²) in [7, 11) is 0. The van der Waals surface area contributed by atoms with Crippen molar-refractivity contribution >= 4 is 40.5 Å². The molecule has 1 aliphatic heterocycles. The number of amides is 4. The van der Waals surface area contributed by atoms with Gasteiger partial charge in [0.15, 0.2) is 0 Å². The van der Waals surface area contributed by atoms with Crippen molar-refractivity contribution in [3.05, 3.63) is 71.4 Å². The third-order valence-corrected chi connectivity index (χ3v) is 5.38. The fourth-order valence-corrected chi connectivity index (χ4v) is 3.71. The lowest BCUT2D eigenvalue weighted by molar-refractivity contribution is -0.122. The van der Waals surface area contributed by atoms with Crippen LogP contribution in [-0.2, 0) is 16.1 Å². The number of barbiturate groups is 1. The third-order valence-electron chi connectivity index (χ3n) is 5.38. The Morgan fingerprint density at radius 2 is 1.70 bits per heavy atom. The number of aromatic nitrogens is 1. The number of carbonyl (C=O) groups is 3. The number of benzene rings is 2. The van der Waals surface area contributed by atoms with Crippen molar-refractivity contribution in [2.45, 2.75) is 33.2 Å². The maximum Gasteiger partial charge on any atom is 0.335 e. The molecule has 4 amide bonds. The summed E-state index contributed by atoms with van der Waals surface area (Å²) in [5, 5.41) is 3.23. The highest BCUT2D eigenvalue weighted by Crippen LogP contribution is 2.27. The lowest BCUT2D eigenvalue weighted by atomic mass is 10.0. The van der Waals surface area contributed by atoms with Gasteiger partial charge in [-0.05, 0) is 42.7 Å². The molecule has 0 saturated carbocycles. The molecule has 6 nitrogen and oxygen atoms in total. The Bertz CT molecular complexity index is 1190. The van der Waals surface area contributed by atoms with Crippen LogP contribution in [0.15, 0.2) is 60.3 Å². The van der Waals surface area contributed by atoms with E-state index in [1.807, 2.05) is 49.5 Å². The van der Waals surface area contributed by atoms with Crippen molar-refractivity contribution in [2.75, 3.05) is 4.90 Å². The average molecular weight is 401 g/mol. The Balaban J connectivity index is 1.76. The largest absolute Gasteiger partial charge is 0.347 e. The fraction of sp³-hybridized carbons (Fsp3) is 0.208. The van der Waals surface area contributed by atoms with Crippen LogP contribution in [0.4, 0.5) is 10.5 Å². The third kappa shape index (κ3) is 3.30. The van der Waals surface area contributed by atoms with E-state index < -0.39 is 17.8 Å². The molecule has 0 spiro atoms. The van der Waals surface area contributed by atoms with Gasteiger partial charge in [-0.25, -0.2) is 9.69 Å². The lowest BCUT2D eigenvalue weighted by Gasteiger charge is -2.26. The Morgan fingerprint density at radius 1 is 1.00 bits per heavy atom. The van der Waals surface area contributed by atoms with Gasteiger partial charge in [0, 0.05) is 29.2 Å². The number of aryl methyl sites for hydroxylation is 1. The van der Waals surface area contributed by atoms with Gasteiger partial charge < -0.3 is 4.57 Å². The van der Waals surface area contributed by atoms with Crippen molar-refractivity contribution in [3.8, 4) is 0 Å². The highest BCUT2D eigenvalue weighted by atomic mass is 16.2. The molecule has 0 atom stereocenters. The lowest BCUT2D eigenvalue weighted by Crippen LogP contribution is -2.54. The minimum atomic E-state index is -0.740. The molecule has 1 aromatic heterocycles. The quantitative estimate of drug-likeness (QED) is 0.519. The van der Waals surface area contributed by atoms with Gasteiger partial charge in [-0.15, -0.1) is 0 Å². The summed E-state index contributed by atoms with van der Waals surface area (Å²) in [6.07, 6.45) is 3.48. The highest BCUT2D eigenvalue weighted by Gasteiger charge is 2.37. The molecule has 30 heavy (non-hydrogen) atoms. The van der Waals surface area contributed by atoms with E-state index in [2.05, 4.69) is 23.7 Å². The van der Waals surface area contributed by atoms with Crippen LogP contribution in [0.1, 0.15) is 37.8 Å². The number of carbonyl (C=O) groups excluding carboxylic acids is 3. The summed E-state index contributed by atoms with van der Waals surface area (Å²) in [6, 6.07) is 14.3. The predicted octanol–water partition coefficient (Wildman–Crippen LogP) is 4.45. The smallest absolute Gasteiger partial charge is 0.335 e. The van der Waals surface area contributed by atoms with E-state index in [-0.39, 0.29) is 5.57 Å². The van der Waals surface area contributed by atoms with Gasteiger partial charge >= 0.3 is 6.03 Å². The number of anilines is 1. The summed E-state index contributed by atoms with van der Waals surface area (Å²) in [5.74, 6) is -0.986. The van der Waals surface area contributed by atoms with E-state index in [1.165, 1.54) is 0 Å². The van der Waals surface area contributed by atoms with Gasteiger partial charge in [0.05, 0.1) is 5.69 Å². The first kappa shape index (κ1) is 19.6. The molecule has 2 aromatic carbocycles. The van der Waals surface area contributed by atoms with Gasteiger partial charge in [0.25, 0.3) is 11.8 Å². The molecule has 1 saturated heterocycles. The average Bonchev–Trinajstić information content (AvgIpc) is 3.09. The van der Waals surface area contributed by atoms with Crippen molar-refractivity contribution < 1.29 is 14.4 Å². The van der Waals surface area contributed by atoms with Crippen molar-refractivity contribution in [1.82, 2.24) is 9.88 Å². The zero-order valence-electron chi connectivity index (χ0n) is 17.2. The Morgan fingerprint density at radius 3 is 2.37 bits per heavy atom. The molecule has 0 aliphatic carbocycles. The molecule has 1 fully saturated rings. The van der Waals surface area contributed by atoms with Gasteiger partial charge in [-0.3, -0.25) is 14.9 Å². The first-order valence-electron chi connectivity index (χ1n) is 10.00. The second-order valence-electron chi connectivity index (χ2n) is 7.59. The number of hydrogen-bond donors (Lipinski definition) is 1. The highest BCUT2D eigenvalue weighted by molar-refractivity contribution is 6.39. The summed E-state index contributed by atoms with van der Waals surface area (Å²) in [4.78, 5) is 39.1. The summed E-state index contributed by atoms with van der Waals surface area (Å²) in [5.41, 5.74) is 3.24. The number of nitrogens with zero attached hydrogens (tertiary/aromatic N) is 2. The van der Waals surface area contributed by atoms with Gasteiger partial charge in [-0.1, -0.05) is 44.2 Å². The van der Waals surface area contributed by atoms with Crippen molar-refractivity contribution in [3.63, 3.8) is 0 Å². The molecule has 1 aliphatic rings. The topological polar surface area (TPSA) is 71.4 Å². The molecule has 0 unspecified atom stereocenters. The molecular formula is C24H23N3O3. The van der Waals surface area contributed by atoms with E-state index in [1.54, 1.807) is 18.2 Å². The summed E-state index contributed by atoms with van der Waals surface area (Å²) >= 11 is 0. The molecule has 1 N–H and O–H groups in total. The summed E-state index contributed by atoms with van der Waals surface area (Å²) in [6.45, 7) is 6.93. The fourth-order valence-electron chi connectivity index (χ4n) is 3.71. The van der Waals surface area contributed by atoms with E-state index in [0.717, 1.165) is 33.5 Å². The number of rotatable bonds is 4. The van der Waals surface area contributed by atoms with Crippen LogP contribution in [0.3, 0.4) is 0 Å². The minimum Gasteiger partial charge on any atom is -0.347 e. The molecule has 2 heterocycles. The van der Waals surface area contributed by atoms with Crippen molar-refractivity contribution in [1.29, 1.82) is 0 Å². The first-order chi connectivity index (χ1) is 14.4. The van der Waals surface area contributed by atoms with Crippen LogP contribution in [-0.4, -0.2) is 22.4 Å². The van der Waals surface area contributed by atoms with Crippen LogP contribution in [0.5, 0.6) is 0 Å². The molecule has 0 bridgehead atoms. The molecule has 4 rings (SSSR count). The standard InChI is InChI=1S/C24H23N3O3/c1-4-26-14-17(19-7-5-6-8-21(19)26)13-20-22(28)25-24(30)27(23(20)29)18-11-9-16(10-12-18)15(2)3/h5-15H,4H2,1-3H3,(H,25,28,30). The monoisotopic (exact) mass is 401 g/mol. The SMILES string of the molecule is CCn1cc(C=C2C(=O)NC(=O)N(c3ccc(C(C)C)cc3)C2=O)c2ccccc21. The van der Waals surface area contributed by atoms with Gasteiger partial charge in [0.2, 0.25) is 0 Å². The molecule has 0 radical (unpaired) electrons. The normalized spacial score (nSPS) is 16.1. The van der Waals surface area contributed by atoms with Gasteiger partial charge in [0.1, 0.15) is 5.57 Å². The first-order valence-corrected chi connectivity index (χ1v) is 10.00. The maximum atomic E-state index is 13.2. The number of fused-ring (bicyclic) bond motifs is 1. The zero-order valence-corrected chi connectivity index (χ0v) is 17.2. The van der Waals surface area contributed by atoms with E-state index >= 15 is 0 Å². The summed E-state index contributed by atoms with van der Waals surface area (Å²) < 4.78 is 2.06. The number of para-hydroxylation sites is 1. The Labute approximate surface area is 174 Å². The van der Waals surface area contributed by atoms with Crippen LogP contribution in [0, 0.1) is 0 Å². The molecule has 152 valence electrons. The van der Waals surface area contributed by atoms with Crippen LogP contribution < -0.4 is 10.2 Å². The van der Waals surface area contributed by atoms with E-state index in [4.69, 9.17) is 0 Å². The molecule has 6 heteroatoms. The minimum absolute atomic E-state index is 0.0680. The number of hydrogen-bond acceptors (Lipinski definition) is 3. The number of nitrogens with one attached hydrogen (secondary N) is 1. The predicted molar refractivity (Wildman–Crippen MR) is 117 cm³/mol. The maximum absolute atomic E-state index is 13.2. The van der Waals surface area contributed by atoms with E-state index in [9.17, 15) is 14.4 Å². The van der Waals surface area contributed by atoms with Crippen LogP contribution in [0.25, 0.3) is 17.0 Å². The Kier molecular flexibility index (Phi) is 4.99. The van der Waals surface area contributed by atoms with Crippen LogP contribution >= 0.6 is 0 Å². The van der Waals surface area contributed by atoms with E-state index in [0.29, 0.717) is 11.6 Å². The molecule has 3 aromatic rings. The number of urea groups is 1. The van der Waals surface area contributed by atoms with Crippen molar-refractivity contribution in [2.24, 2.45) is 0 Å². The van der Waals surface area contributed by atoms with Crippen LogP contribution in [0.2, 0.25) is 0 Å². The van der Waals surface area contributed by atoms with Gasteiger partial charge in [-0.2, -0.15) is 0 Å². The Hall–Kier alpha value is -3.67. The molecular weight excluding hydrogens is 378 g/mol. The zero-order chi connectivity index (χ0) is 21.4. The second kappa shape index (κ2) is 7.63.